The number of hydrogen-bond acceptors (Lipinski definition) is 5. The van der Waals surface area contributed by atoms with Gasteiger partial charge in [0.1, 0.15) is 0 Å². The van der Waals surface area contributed by atoms with E-state index in [1.807, 2.05) is 36.6 Å². The minimum absolute atomic E-state index is 0.0990. The van der Waals surface area contributed by atoms with Gasteiger partial charge in [-0.15, -0.1) is 0 Å². The molecule has 0 amide bonds. The van der Waals surface area contributed by atoms with Crippen LogP contribution in [0.4, 0.5) is 0 Å². The Morgan fingerprint density at radius 2 is 2.11 bits per heavy atom. The van der Waals surface area contributed by atoms with Crippen molar-refractivity contribution in [2.75, 3.05) is 6.61 Å². The summed E-state index contributed by atoms with van der Waals surface area (Å²) in [5.41, 5.74) is 3.42. The van der Waals surface area contributed by atoms with E-state index in [0.29, 0.717) is 17.9 Å². The van der Waals surface area contributed by atoms with Crippen LogP contribution in [-0.2, 0) is 29.5 Å². The zero-order chi connectivity index (χ0) is 26.9. The molecule has 2 aliphatic rings. The third-order valence-corrected chi connectivity index (χ3v) is 8.09. The Labute approximate surface area is 229 Å². The fourth-order valence-corrected chi connectivity index (χ4v) is 5.99. The number of benzene rings is 1. The first-order chi connectivity index (χ1) is 17.6. The van der Waals surface area contributed by atoms with Crippen molar-refractivity contribution >= 4 is 28.0 Å². The molecule has 0 saturated heterocycles. The zero-order valence-corrected chi connectivity index (χ0v) is 24.8. The average Bonchev–Trinajstić information content (AvgIpc) is 3.18. The summed E-state index contributed by atoms with van der Waals surface area (Å²) < 4.78 is 14.6. The predicted molar refractivity (Wildman–Crippen MR) is 141 cm³/mol. The van der Waals surface area contributed by atoms with E-state index in [4.69, 9.17) is 9.39 Å². The van der Waals surface area contributed by atoms with Crippen molar-refractivity contribution in [3.8, 4) is 5.75 Å². The summed E-state index contributed by atoms with van der Waals surface area (Å²) in [7, 11) is -0.948. The molecule has 7 nitrogen and oxygen atoms in total. The SMILES string of the molecule is CC[C@H]1OB(O)c2c(OCCCCC=C3CCC(C)(C)n4cc(C(=O)O)c(=O)c([C](C)=[W])c43)cccc21. The second-order valence-electron chi connectivity index (χ2n) is 10.4. The summed E-state index contributed by atoms with van der Waals surface area (Å²) in [6.07, 6.45) is 8.72. The Kier molecular flexibility index (Phi) is 8.42. The Morgan fingerprint density at radius 3 is 2.78 bits per heavy atom. The van der Waals surface area contributed by atoms with Crippen LogP contribution in [0.25, 0.3) is 5.57 Å². The average molecular weight is 675 g/mol. The molecule has 1 aromatic carbocycles. The van der Waals surface area contributed by atoms with Gasteiger partial charge in [0, 0.05) is 0 Å². The number of aromatic carboxylic acids is 1. The van der Waals surface area contributed by atoms with Crippen LogP contribution in [0.5, 0.6) is 5.75 Å². The molecular formula is C28H34BNO6W. The number of carbonyl (C=O) groups is 1. The number of unbranched alkanes of at least 4 members (excludes halogenated alkanes) is 2. The molecule has 1 atom stereocenters. The number of aromatic nitrogens is 1. The normalized spacial score (nSPS) is 19.0. The Balaban J connectivity index is 1.47. The number of ether oxygens (including phenoxy) is 1. The number of nitrogens with zero attached hydrogens (tertiary/aromatic N) is 1. The van der Waals surface area contributed by atoms with Gasteiger partial charge < -0.3 is 9.68 Å². The first kappa shape index (κ1) is 27.7. The van der Waals surface area contributed by atoms with Gasteiger partial charge >= 0.3 is 183 Å². The molecule has 9 heteroatoms. The number of hydrogen-bond donors (Lipinski definition) is 2. The van der Waals surface area contributed by atoms with E-state index in [1.165, 1.54) is 6.20 Å². The van der Waals surface area contributed by atoms with E-state index >= 15 is 0 Å². The van der Waals surface area contributed by atoms with Crippen LogP contribution in [-0.4, -0.2) is 38.3 Å². The summed E-state index contributed by atoms with van der Waals surface area (Å²) >= 11 is 1.16. The van der Waals surface area contributed by atoms with Gasteiger partial charge in [-0.25, -0.2) is 0 Å². The molecule has 2 N–H and O–H groups in total. The quantitative estimate of drug-likeness (QED) is 0.309. The van der Waals surface area contributed by atoms with Crippen molar-refractivity contribution in [2.24, 2.45) is 0 Å². The number of carboxylic acid groups (broad SMARTS) is 1. The van der Waals surface area contributed by atoms with Crippen molar-refractivity contribution in [3.05, 3.63) is 63.1 Å². The van der Waals surface area contributed by atoms with Gasteiger partial charge in [-0.1, -0.05) is 19.1 Å². The number of allylic oxidation sites excluding steroid dienone is 2. The van der Waals surface area contributed by atoms with E-state index in [9.17, 15) is 19.7 Å². The molecule has 0 fully saturated rings. The van der Waals surface area contributed by atoms with Crippen LogP contribution in [0, 0.1) is 0 Å². The number of rotatable bonds is 9. The summed E-state index contributed by atoms with van der Waals surface area (Å²) in [6.45, 7) is 8.65. The molecule has 37 heavy (non-hydrogen) atoms. The molecule has 0 unspecified atom stereocenters. The van der Waals surface area contributed by atoms with Crippen LogP contribution in [0.3, 0.4) is 0 Å². The maximum absolute atomic E-state index is 13.1. The molecule has 1 aromatic heterocycles. The molecule has 3 heterocycles. The van der Waals surface area contributed by atoms with E-state index < -0.39 is 18.5 Å². The fourth-order valence-electron chi connectivity index (χ4n) is 5.31. The first-order valence-corrected chi connectivity index (χ1v) is 14.4. The number of pyridine rings is 1. The first-order valence-electron chi connectivity index (χ1n) is 12.9. The number of fused-ring (bicyclic) bond motifs is 2. The van der Waals surface area contributed by atoms with Gasteiger partial charge in [-0.3, -0.25) is 0 Å². The molecule has 0 saturated carbocycles. The minimum atomic E-state index is -1.18. The van der Waals surface area contributed by atoms with Gasteiger partial charge in [-0.05, 0) is 12.0 Å². The Hall–Kier alpha value is -2.28. The van der Waals surface area contributed by atoms with Crippen molar-refractivity contribution < 1.29 is 43.7 Å². The molecule has 0 aliphatic carbocycles. The topological polar surface area (TPSA) is 98.0 Å². The Morgan fingerprint density at radius 1 is 1.35 bits per heavy atom. The van der Waals surface area contributed by atoms with E-state index in [2.05, 4.69) is 19.9 Å². The standard InChI is InChI=1S/C28H34BNO6.W/c1-5-19-25-18(14-15-28(3,4)30(25)17-21(26(19)31)27(32)33)11-8-7-9-16-35-23-13-10-12-20-22(6-2)36-29(34)24(20)23;/h10-13,17,22,34H,6-9,14-16H2,1-4H3,(H,32,33);/t22-;/m1./s1. The van der Waals surface area contributed by atoms with Gasteiger partial charge in [0.2, 0.25) is 0 Å². The van der Waals surface area contributed by atoms with E-state index in [-0.39, 0.29) is 17.2 Å². The van der Waals surface area contributed by atoms with E-state index in [1.54, 1.807) is 0 Å². The third kappa shape index (κ3) is 5.48. The van der Waals surface area contributed by atoms with E-state index in [0.717, 1.165) is 84.1 Å². The van der Waals surface area contributed by atoms with Crippen LogP contribution in [0.2, 0.25) is 0 Å². The van der Waals surface area contributed by atoms with Crippen LogP contribution in [0.1, 0.15) is 99.5 Å². The van der Waals surface area contributed by atoms with Crippen molar-refractivity contribution in [2.45, 2.75) is 77.9 Å². The number of carboxylic acids is 1. The maximum atomic E-state index is 13.1. The molecule has 2 aliphatic heterocycles. The zero-order valence-electron chi connectivity index (χ0n) is 21.9. The minimum Gasteiger partial charge on any atom is -0.0583 e. The summed E-state index contributed by atoms with van der Waals surface area (Å²) in [4.78, 5) is 24.9. The second-order valence-corrected chi connectivity index (χ2v) is 12.6. The molecule has 0 bridgehead atoms. The monoisotopic (exact) mass is 675 g/mol. The van der Waals surface area contributed by atoms with Crippen LogP contribution >= 0.6 is 0 Å². The molecule has 2 aromatic rings. The molecule has 4 rings (SSSR count). The molecular weight excluding hydrogens is 641 g/mol. The summed E-state index contributed by atoms with van der Waals surface area (Å²) in [6, 6.07) is 5.80. The smallest absolute Gasteiger partial charge is 0.0583 e. The van der Waals surface area contributed by atoms with Crippen LogP contribution < -0.4 is 15.6 Å². The van der Waals surface area contributed by atoms with Gasteiger partial charge in [0.15, 0.2) is 0 Å². The molecule has 0 radical (unpaired) electrons. The molecule has 0 spiro atoms. The Bertz CT molecular complexity index is 1310. The predicted octanol–water partition coefficient (Wildman–Crippen LogP) is 3.96. The fraction of sp³-hybridized carbons (Fsp3) is 0.464. The second kappa shape index (κ2) is 11.2. The van der Waals surface area contributed by atoms with Crippen molar-refractivity contribution in [1.29, 1.82) is 0 Å². The summed E-state index contributed by atoms with van der Waals surface area (Å²) in [5.74, 6) is -0.504. The van der Waals surface area contributed by atoms with Crippen molar-refractivity contribution in [3.63, 3.8) is 0 Å². The van der Waals surface area contributed by atoms with Gasteiger partial charge in [-0.2, -0.15) is 0 Å². The van der Waals surface area contributed by atoms with Crippen molar-refractivity contribution in [1.82, 2.24) is 4.57 Å². The third-order valence-electron chi connectivity index (χ3n) is 7.36. The molecule has 196 valence electrons. The summed E-state index contributed by atoms with van der Waals surface area (Å²) in [5, 5.41) is 20.0. The van der Waals surface area contributed by atoms with Gasteiger partial charge in [0.05, 0.1) is 6.10 Å². The van der Waals surface area contributed by atoms with Crippen LogP contribution in [0.15, 0.2) is 35.3 Å². The van der Waals surface area contributed by atoms with Gasteiger partial charge in [0.25, 0.3) is 0 Å².